The number of hydrogen-bond donors (Lipinski definition) is 2. The molecule has 8 heteroatoms. The third-order valence-corrected chi connectivity index (χ3v) is 5.19. The smallest absolute Gasteiger partial charge is 0.419 e. The zero-order valence-corrected chi connectivity index (χ0v) is 15.9. The lowest BCUT2D eigenvalue weighted by Gasteiger charge is -2.22. The SMILES string of the molecule is [N-]=[N+]=C(C(=O)OC1CCCCC1)C(Nc1ncccn1)c1c[nH]c2ccccc12. The van der Waals surface area contributed by atoms with E-state index in [9.17, 15) is 10.3 Å². The van der Waals surface area contributed by atoms with E-state index in [1.165, 1.54) is 0 Å². The third-order valence-electron chi connectivity index (χ3n) is 5.19. The van der Waals surface area contributed by atoms with E-state index in [-0.39, 0.29) is 11.8 Å². The van der Waals surface area contributed by atoms with E-state index < -0.39 is 12.0 Å². The summed E-state index contributed by atoms with van der Waals surface area (Å²) in [5.41, 5.74) is 11.3. The van der Waals surface area contributed by atoms with Crippen LogP contribution in [0.2, 0.25) is 0 Å². The molecule has 2 N–H and O–H groups in total. The first-order valence-corrected chi connectivity index (χ1v) is 9.79. The van der Waals surface area contributed by atoms with Crippen LogP contribution < -0.4 is 5.32 Å². The molecule has 0 bridgehead atoms. The summed E-state index contributed by atoms with van der Waals surface area (Å²) in [6, 6.07) is 8.61. The number of nitrogens with one attached hydrogen (secondary N) is 2. The Kier molecular flexibility index (Phi) is 5.63. The van der Waals surface area contributed by atoms with Gasteiger partial charge < -0.3 is 20.6 Å². The molecular formula is C21H22N6O2. The highest BCUT2D eigenvalue weighted by Gasteiger charge is 2.37. The number of para-hydroxylation sites is 1. The fourth-order valence-corrected chi connectivity index (χ4v) is 3.74. The maximum Gasteiger partial charge on any atom is 0.419 e. The van der Waals surface area contributed by atoms with E-state index in [4.69, 9.17) is 4.74 Å². The molecule has 0 aliphatic heterocycles. The summed E-state index contributed by atoms with van der Waals surface area (Å²) in [5.74, 6) is -0.326. The third kappa shape index (κ3) is 4.17. The van der Waals surface area contributed by atoms with Gasteiger partial charge in [-0.2, -0.15) is 4.79 Å². The fourth-order valence-electron chi connectivity index (χ4n) is 3.74. The predicted octanol–water partition coefficient (Wildman–Crippen LogP) is 3.66. The van der Waals surface area contributed by atoms with Crippen LogP contribution in [0.25, 0.3) is 16.4 Å². The molecule has 8 nitrogen and oxygen atoms in total. The summed E-state index contributed by atoms with van der Waals surface area (Å²) in [6.45, 7) is 0. The molecule has 1 aliphatic rings. The summed E-state index contributed by atoms with van der Waals surface area (Å²) >= 11 is 0. The highest BCUT2D eigenvalue weighted by molar-refractivity contribution is 6.36. The Labute approximate surface area is 168 Å². The van der Waals surface area contributed by atoms with E-state index in [1.54, 1.807) is 24.7 Å². The number of nitrogens with zero attached hydrogens (tertiary/aromatic N) is 4. The standard InChI is InChI=1S/C21H22N6O2/c22-27-19(20(28)29-14-7-2-1-3-8-14)18(26-21-23-11-6-12-24-21)16-13-25-17-10-5-4-9-15(16)17/h4-6,9-14,18,25H,1-3,7-8H2,(H,23,24,26). The molecule has 0 saturated heterocycles. The van der Waals surface area contributed by atoms with Crippen LogP contribution in [0.4, 0.5) is 5.95 Å². The number of carbonyl (C=O) groups excluding carboxylic acids is 1. The van der Waals surface area contributed by atoms with Crippen molar-refractivity contribution in [1.29, 1.82) is 0 Å². The number of benzene rings is 1. The lowest BCUT2D eigenvalue weighted by Crippen LogP contribution is -2.34. The molecule has 1 atom stereocenters. The zero-order chi connectivity index (χ0) is 20.1. The summed E-state index contributed by atoms with van der Waals surface area (Å²) in [7, 11) is 0. The maximum absolute atomic E-state index is 12.9. The van der Waals surface area contributed by atoms with Gasteiger partial charge in [0.15, 0.2) is 6.04 Å². The van der Waals surface area contributed by atoms with Crippen LogP contribution >= 0.6 is 0 Å². The van der Waals surface area contributed by atoms with Gasteiger partial charge in [0.2, 0.25) is 5.95 Å². The Hall–Kier alpha value is -3.51. The molecule has 148 valence electrons. The fraction of sp³-hybridized carbons (Fsp3) is 0.333. The molecule has 29 heavy (non-hydrogen) atoms. The number of anilines is 1. The summed E-state index contributed by atoms with van der Waals surface area (Å²) < 4.78 is 5.65. The van der Waals surface area contributed by atoms with Gasteiger partial charge >= 0.3 is 11.7 Å². The van der Waals surface area contributed by atoms with Gasteiger partial charge in [0.25, 0.3) is 0 Å². The number of aromatic nitrogens is 3. The minimum Gasteiger partial charge on any atom is -0.454 e. The Balaban J connectivity index is 1.68. The number of aromatic amines is 1. The molecule has 1 aliphatic carbocycles. The first-order chi connectivity index (χ1) is 14.3. The molecule has 4 rings (SSSR count). The summed E-state index contributed by atoms with van der Waals surface area (Å²) in [5, 5.41) is 4.00. The second-order valence-corrected chi connectivity index (χ2v) is 7.09. The molecule has 3 aromatic rings. The normalized spacial score (nSPS) is 15.4. The minimum atomic E-state index is -0.783. The first-order valence-electron chi connectivity index (χ1n) is 9.79. The Morgan fingerprint density at radius 3 is 2.69 bits per heavy atom. The molecule has 0 radical (unpaired) electrons. The van der Waals surface area contributed by atoms with Gasteiger partial charge in [-0.3, -0.25) is 0 Å². The highest BCUT2D eigenvalue weighted by atomic mass is 16.5. The largest absolute Gasteiger partial charge is 0.454 e. The predicted molar refractivity (Wildman–Crippen MR) is 108 cm³/mol. The number of rotatable bonds is 6. The van der Waals surface area contributed by atoms with Crippen molar-refractivity contribution in [3.8, 4) is 0 Å². The van der Waals surface area contributed by atoms with Gasteiger partial charge in [0.1, 0.15) is 6.10 Å². The van der Waals surface area contributed by atoms with E-state index in [1.807, 2.05) is 24.3 Å². The molecular weight excluding hydrogens is 368 g/mol. The second-order valence-electron chi connectivity index (χ2n) is 7.09. The van der Waals surface area contributed by atoms with Crippen molar-refractivity contribution >= 4 is 28.5 Å². The van der Waals surface area contributed by atoms with Gasteiger partial charge in [-0.25, -0.2) is 14.8 Å². The van der Waals surface area contributed by atoms with E-state index >= 15 is 0 Å². The van der Waals surface area contributed by atoms with E-state index in [0.29, 0.717) is 5.95 Å². The minimum absolute atomic E-state index is 0.132. The van der Waals surface area contributed by atoms with Crippen molar-refractivity contribution in [2.75, 3.05) is 5.32 Å². The lowest BCUT2D eigenvalue weighted by molar-refractivity contribution is -0.147. The Bertz CT molecular complexity index is 1040. The van der Waals surface area contributed by atoms with Crippen LogP contribution in [-0.4, -0.2) is 37.5 Å². The van der Waals surface area contributed by atoms with Gasteiger partial charge in [-0.05, 0) is 37.8 Å². The molecule has 1 fully saturated rings. The molecule has 2 aromatic heterocycles. The number of fused-ring (bicyclic) bond motifs is 1. The molecule has 1 saturated carbocycles. The van der Waals surface area contributed by atoms with Crippen molar-refractivity contribution in [1.82, 2.24) is 15.0 Å². The van der Waals surface area contributed by atoms with Gasteiger partial charge in [0, 0.05) is 35.1 Å². The van der Waals surface area contributed by atoms with Crippen molar-refractivity contribution in [3.05, 3.63) is 60.0 Å². The molecule has 2 heterocycles. The molecule has 0 amide bonds. The number of carbonyl (C=O) groups is 1. The van der Waals surface area contributed by atoms with Crippen molar-refractivity contribution in [3.63, 3.8) is 0 Å². The Morgan fingerprint density at radius 1 is 1.17 bits per heavy atom. The van der Waals surface area contributed by atoms with Crippen LogP contribution in [0.5, 0.6) is 0 Å². The quantitative estimate of drug-likeness (QED) is 0.288. The lowest BCUT2D eigenvalue weighted by atomic mass is 9.97. The molecule has 1 aromatic carbocycles. The van der Waals surface area contributed by atoms with Crippen LogP contribution in [0, 0.1) is 0 Å². The number of H-pyrrole nitrogens is 1. The van der Waals surface area contributed by atoms with Crippen molar-refractivity contribution < 1.29 is 14.3 Å². The van der Waals surface area contributed by atoms with Crippen molar-refractivity contribution in [2.24, 2.45) is 0 Å². The molecule has 0 spiro atoms. The van der Waals surface area contributed by atoms with E-state index in [2.05, 4.69) is 25.1 Å². The average Bonchev–Trinajstić information content (AvgIpc) is 3.19. The van der Waals surface area contributed by atoms with Crippen LogP contribution in [0.15, 0.2) is 48.9 Å². The van der Waals surface area contributed by atoms with E-state index in [0.717, 1.165) is 48.6 Å². The summed E-state index contributed by atoms with van der Waals surface area (Å²) in [4.78, 5) is 27.8. The second kappa shape index (κ2) is 8.67. The number of ether oxygens (including phenoxy) is 1. The van der Waals surface area contributed by atoms with Gasteiger partial charge in [-0.15, -0.1) is 0 Å². The van der Waals surface area contributed by atoms with Crippen molar-refractivity contribution in [2.45, 2.75) is 44.2 Å². The molecule has 1 unspecified atom stereocenters. The number of esters is 1. The van der Waals surface area contributed by atoms with Gasteiger partial charge in [-0.1, -0.05) is 24.6 Å². The Morgan fingerprint density at radius 2 is 1.93 bits per heavy atom. The average molecular weight is 390 g/mol. The monoisotopic (exact) mass is 390 g/mol. The summed E-state index contributed by atoms with van der Waals surface area (Å²) in [6.07, 6.45) is 9.70. The first kappa shape index (κ1) is 18.8. The van der Waals surface area contributed by atoms with Gasteiger partial charge in [0.05, 0.1) is 0 Å². The van der Waals surface area contributed by atoms with Crippen LogP contribution in [0.1, 0.15) is 43.7 Å². The maximum atomic E-state index is 12.9. The number of hydrogen-bond acceptors (Lipinski definition) is 5. The van der Waals surface area contributed by atoms with Crippen LogP contribution in [-0.2, 0) is 9.53 Å². The highest BCUT2D eigenvalue weighted by Crippen LogP contribution is 2.28. The van der Waals surface area contributed by atoms with Crippen LogP contribution in [0.3, 0.4) is 0 Å². The topological polar surface area (TPSA) is 116 Å². The zero-order valence-electron chi connectivity index (χ0n) is 15.9.